The molecule has 0 aliphatic carbocycles. The molecule has 1 aliphatic rings. The summed E-state index contributed by atoms with van der Waals surface area (Å²) < 4.78 is 2.02. The van der Waals surface area contributed by atoms with Gasteiger partial charge in [-0.25, -0.2) is 9.67 Å². The van der Waals surface area contributed by atoms with Crippen molar-refractivity contribution in [1.82, 2.24) is 20.1 Å². The van der Waals surface area contributed by atoms with E-state index in [-0.39, 0.29) is 0 Å². The van der Waals surface area contributed by atoms with E-state index in [1.165, 1.54) is 12.8 Å². The first-order valence-electron chi connectivity index (χ1n) is 5.39. The Hall–Kier alpha value is -0.900. The molecule has 0 unspecified atom stereocenters. The van der Waals surface area contributed by atoms with Gasteiger partial charge in [0.2, 0.25) is 0 Å². The van der Waals surface area contributed by atoms with E-state index in [4.69, 9.17) is 0 Å². The van der Waals surface area contributed by atoms with Crippen LogP contribution >= 0.6 is 0 Å². The van der Waals surface area contributed by atoms with Crippen LogP contribution in [0.25, 0.3) is 0 Å². The lowest BCUT2D eigenvalue weighted by Crippen LogP contribution is -2.31. The summed E-state index contributed by atoms with van der Waals surface area (Å²) in [7, 11) is 0. The Labute approximate surface area is 84.7 Å². The molecule has 0 aromatic carbocycles. The maximum absolute atomic E-state index is 4.50. The van der Waals surface area contributed by atoms with Crippen molar-refractivity contribution in [2.45, 2.75) is 38.6 Å². The van der Waals surface area contributed by atoms with Crippen molar-refractivity contribution in [3.8, 4) is 0 Å². The number of piperidine rings is 1. The van der Waals surface area contributed by atoms with Crippen molar-refractivity contribution in [3.05, 3.63) is 12.2 Å². The van der Waals surface area contributed by atoms with Crippen LogP contribution in [0.3, 0.4) is 0 Å². The van der Waals surface area contributed by atoms with E-state index in [2.05, 4.69) is 29.2 Å². The third-order valence-electron chi connectivity index (χ3n) is 2.69. The molecule has 2 heterocycles. The Morgan fingerprint density at radius 2 is 2.43 bits per heavy atom. The number of aromatic nitrogens is 3. The Bertz CT molecular complexity index is 286. The number of nitrogens with zero attached hydrogens (tertiary/aromatic N) is 3. The van der Waals surface area contributed by atoms with Gasteiger partial charge in [0.1, 0.15) is 6.33 Å². The average molecular weight is 194 g/mol. The smallest absolute Gasteiger partial charge is 0.153 e. The predicted octanol–water partition coefficient (Wildman–Crippen LogP) is 1.33. The molecule has 4 nitrogen and oxygen atoms in total. The van der Waals surface area contributed by atoms with Crippen LogP contribution in [0.4, 0.5) is 0 Å². The molecule has 2 rings (SSSR count). The molecule has 1 N–H and O–H groups in total. The molecule has 14 heavy (non-hydrogen) atoms. The van der Waals surface area contributed by atoms with Crippen LogP contribution in [0.15, 0.2) is 6.33 Å². The average Bonchev–Trinajstić information content (AvgIpc) is 2.68. The van der Waals surface area contributed by atoms with Gasteiger partial charge in [-0.2, -0.15) is 5.10 Å². The molecule has 0 radical (unpaired) electrons. The normalized spacial score (nSPS) is 22.9. The van der Waals surface area contributed by atoms with Crippen molar-refractivity contribution in [1.29, 1.82) is 0 Å². The van der Waals surface area contributed by atoms with Crippen LogP contribution in [-0.4, -0.2) is 27.9 Å². The molecule has 78 valence electrons. The molecule has 1 aromatic heterocycles. The summed E-state index contributed by atoms with van der Waals surface area (Å²) in [5.74, 6) is 1.38. The fraction of sp³-hybridized carbons (Fsp3) is 0.800. The highest BCUT2D eigenvalue weighted by molar-refractivity contribution is 4.90. The summed E-state index contributed by atoms with van der Waals surface area (Å²) in [6.07, 6.45) is 4.32. The van der Waals surface area contributed by atoms with Crippen molar-refractivity contribution in [2.24, 2.45) is 0 Å². The highest BCUT2D eigenvalue weighted by Crippen LogP contribution is 2.16. The molecular formula is C10H18N4. The molecule has 1 fully saturated rings. The number of hydrogen-bond acceptors (Lipinski definition) is 3. The second kappa shape index (κ2) is 4.09. The van der Waals surface area contributed by atoms with Gasteiger partial charge in [0.05, 0.1) is 6.04 Å². The summed E-state index contributed by atoms with van der Waals surface area (Å²) in [5, 5.41) is 7.88. The Morgan fingerprint density at radius 1 is 1.57 bits per heavy atom. The fourth-order valence-corrected chi connectivity index (χ4v) is 1.79. The number of nitrogens with one attached hydrogen (secondary N) is 1. The largest absolute Gasteiger partial charge is 0.315 e. The quantitative estimate of drug-likeness (QED) is 0.772. The first kappa shape index (κ1) is 9.65. The van der Waals surface area contributed by atoms with Crippen LogP contribution in [-0.2, 0) is 0 Å². The summed E-state index contributed by atoms with van der Waals surface area (Å²) >= 11 is 0. The van der Waals surface area contributed by atoms with Gasteiger partial charge in [-0.1, -0.05) is 13.8 Å². The van der Waals surface area contributed by atoms with Gasteiger partial charge in [0.15, 0.2) is 5.82 Å². The third kappa shape index (κ3) is 1.95. The zero-order valence-corrected chi connectivity index (χ0v) is 8.90. The summed E-state index contributed by atoms with van der Waals surface area (Å²) in [6.45, 7) is 6.42. The molecule has 1 saturated heterocycles. The van der Waals surface area contributed by atoms with Crippen LogP contribution in [0.5, 0.6) is 0 Å². The monoisotopic (exact) mass is 194 g/mol. The second-order valence-corrected chi connectivity index (χ2v) is 4.24. The van der Waals surface area contributed by atoms with Crippen molar-refractivity contribution in [2.75, 3.05) is 13.1 Å². The first-order chi connectivity index (χ1) is 6.77. The van der Waals surface area contributed by atoms with Gasteiger partial charge in [-0.3, -0.25) is 0 Å². The second-order valence-electron chi connectivity index (χ2n) is 4.24. The van der Waals surface area contributed by atoms with Gasteiger partial charge in [-0.05, 0) is 19.4 Å². The van der Waals surface area contributed by atoms with Crippen molar-refractivity contribution >= 4 is 0 Å². The lowest BCUT2D eigenvalue weighted by molar-refractivity contribution is 0.344. The lowest BCUT2D eigenvalue weighted by Gasteiger charge is -2.22. The summed E-state index contributed by atoms with van der Waals surface area (Å²) in [4.78, 5) is 4.31. The van der Waals surface area contributed by atoms with E-state index in [0.29, 0.717) is 12.0 Å². The van der Waals surface area contributed by atoms with Crippen LogP contribution in [0, 0.1) is 0 Å². The fourth-order valence-electron chi connectivity index (χ4n) is 1.79. The highest BCUT2D eigenvalue weighted by Gasteiger charge is 2.16. The predicted molar refractivity (Wildman–Crippen MR) is 55.3 cm³/mol. The molecular weight excluding hydrogens is 176 g/mol. The molecule has 0 saturated carbocycles. The molecule has 4 heteroatoms. The van der Waals surface area contributed by atoms with Crippen molar-refractivity contribution in [3.63, 3.8) is 0 Å². The van der Waals surface area contributed by atoms with E-state index in [0.717, 1.165) is 18.9 Å². The molecule has 1 atom stereocenters. The van der Waals surface area contributed by atoms with Crippen LogP contribution < -0.4 is 5.32 Å². The van der Waals surface area contributed by atoms with Crippen molar-refractivity contribution < 1.29 is 0 Å². The van der Waals surface area contributed by atoms with E-state index in [1.54, 1.807) is 0 Å². The van der Waals surface area contributed by atoms with E-state index >= 15 is 0 Å². The molecule has 0 spiro atoms. The van der Waals surface area contributed by atoms with Crippen LogP contribution in [0.2, 0.25) is 0 Å². The SMILES string of the molecule is CC(C)c1ncn([C@H]2CCCNC2)n1. The standard InChI is InChI=1S/C10H18N4/c1-8(2)10-12-7-14(13-10)9-4-3-5-11-6-9/h7-9,11H,3-6H2,1-2H3/t9-/m0/s1. The molecule has 1 aromatic rings. The van der Waals surface area contributed by atoms with E-state index in [1.807, 2.05) is 11.0 Å². The Kier molecular flexibility index (Phi) is 2.82. The molecule has 0 amide bonds. The van der Waals surface area contributed by atoms with E-state index in [9.17, 15) is 0 Å². The lowest BCUT2D eigenvalue weighted by atomic mass is 10.1. The van der Waals surface area contributed by atoms with Gasteiger partial charge in [0, 0.05) is 12.5 Å². The van der Waals surface area contributed by atoms with Gasteiger partial charge in [-0.15, -0.1) is 0 Å². The number of hydrogen-bond donors (Lipinski definition) is 1. The minimum atomic E-state index is 0.424. The third-order valence-corrected chi connectivity index (χ3v) is 2.69. The Balaban J connectivity index is 2.07. The number of rotatable bonds is 2. The van der Waals surface area contributed by atoms with E-state index < -0.39 is 0 Å². The zero-order chi connectivity index (χ0) is 9.97. The Morgan fingerprint density at radius 3 is 3.00 bits per heavy atom. The first-order valence-corrected chi connectivity index (χ1v) is 5.39. The molecule has 1 aliphatic heterocycles. The molecule has 0 bridgehead atoms. The van der Waals surface area contributed by atoms with Gasteiger partial charge < -0.3 is 5.32 Å². The summed E-state index contributed by atoms with van der Waals surface area (Å²) in [6, 6.07) is 0.503. The minimum absolute atomic E-state index is 0.424. The summed E-state index contributed by atoms with van der Waals surface area (Å²) in [5.41, 5.74) is 0. The maximum atomic E-state index is 4.50. The van der Waals surface area contributed by atoms with Gasteiger partial charge >= 0.3 is 0 Å². The highest BCUT2D eigenvalue weighted by atomic mass is 15.4. The maximum Gasteiger partial charge on any atom is 0.153 e. The zero-order valence-electron chi connectivity index (χ0n) is 8.90. The minimum Gasteiger partial charge on any atom is -0.315 e. The van der Waals surface area contributed by atoms with Gasteiger partial charge in [0.25, 0.3) is 0 Å². The topological polar surface area (TPSA) is 42.7 Å². The van der Waals surface area contributed by atoms with Crippen LogP contribution in [0.1, 0.15) is 44.5 Å².